The van der Waals surface area contributed by atoms with Gasteiger partial charge in [-0.1, -0.05) is 36.8 Å². The molecule has 2 rings (SSSR count). The zero-order valence-electron chi connectivity index (χ0n) is 12.8. The van der Waals surface area contributed by atoms with Crippen LogP contribution in [0.25, 0.3) is 0 Å². The van der Waals surface area contributed by atoms with E-state index >= 15 is 0 Å². The van der Waals surface area contributed by atoms with Crippen molar-refractivity contribution in [3.05, 3.63) is 35.9 Å². The van der Waals surface area contributed by atoms with E-state index < -0.39 is 23.9 Å². The molecule has 1 unspecified atom stereocenters. The molecule has 1 aliphatic rings. The van der Waals surface area contributed by atoms with Crippen LogP contribution in [0.2, 0.25) is 0 Å². The third-order valence-corrected chi connectivity index (χ3v) is 3.79. The lowest BCUT2D eigenvalue weighted by atomic mass is 10.0. The van der Waals surface area contributed by atoms with Crippen LogP contribution >= 0.6 is 0 Å². The van der Waals surface area contributed by atoms with Gasteiger partial charge < -0.3 is 10.4 Å². The van der Waals surface area contributed by atoms with Gasteiger partial charge in [-0.15, -0.1) is 0 Å². The molecule has 0 aliphatic carbocycles. The highest BCUT2D eigenvalue weighted by Crippen LogP contribution is 2.16. The molecule has 1 saturated heterocycles. The molecule has 1 heterocycles. The summed E-state index contributed by atoms with van der Waals surface area (Å²) in [4.78, 5) is 36.4. The Morgan fingerprint density at radius 3 is 2.61 bits per heavy atom. The molecule has 1 atom stereocenters. The fraction of sp³-hybridized carbons (Fsp3) is 0.438. The third kappa shape index (κ3) is 5.37. The molecule has 0 bridgehead atoms. The average Bonchev–Trinajstić information content (AvgIpc) is 2.54. The second-order valence-electron chi connectivity index (χ2n) is 5.54. The van der Waals surface area contributed by atoms with Gasteiger partial charge in [0, 0.05) is 6.54 Å². The zero-order chi connectivity index (χ0) is 16.7. The molecule has 0 saturated carbocycles. The van der Waals surface area contributed by atoms with Crippen LogP contribution in [0, 0.1) is 0 Å². The number of benzene rings is 1. The molecular formula is C16H21N3O4. The molecule has 7 heteroatoms. The fourth-order valence-corrected chi connectivity index (χ4v) is 2.63. The minimum atomic E-state index is -0.925. The van der Waals surface area contributed by atoms with Crippen molar-refractivity contribution in [2.75, 3.05) is 13.1 Å². The second kappa shape index (κ2) is 8.28. The molecule has 124 valence electrons. The van der Waals surface area contributed by atoms with Crippen LogP contribution in [0.4, 0.5) is 4.79 Å². The SMILES string of the molecule is O=C(CN1CCCCC1C(=O)O)NC(=O)NCc1ccccc1. The van der Waals surface area contributed by atoms with Crippen LogP contribution in [-0.4, -0.2) is 47.0 Å². The lowest BCUT2D eigenvalue weighted by Crippen LogP contribution is -2.50. The number of imide groups is 1. The molecule has 23 heavy (non-hydrogen) atoms. The number of carbonyl (C=O) groups is 3. The van der Waals surface area contributed by atoms with Gasteiger partial charge in [-0.05, 0) is 24.9 Å². The Balaban J connectivity index is 1.77. The predicted molar refractivity (Wildman–Crippen MR) is 83.7 cm³/mol. The van der Waals surface area contributed by atoms with E-state index in [0.717, 1.165) is 18.4 Å². The summed E-state index contributed by atoms with van der Waals surface area (Å²) in [7, 11) is 0. The molecule has 1 aromatic carbocycles. The van der Waals surface area contributed by atoms with Crippen molar-refractivity contribution in [2.24, 2.45) is 0 Å². The van der Waals surface area contributed by atoms with Crippen molar-refractivity contribution in [3.63, 3.8) is 0 Å². The van der Waals surface area contributed by atoms with Crippen molar-refractivity contribution in [2.45, 2.75) is 31.8 Å². The standard InChI is InChI=1S/C16H21N3O4/c20-14(11-19-9-5-4-8-13(19)15(21)22)18-16(23)17-10-12-6-2-1-3-7-12/h1-3,6-7,13H,4-5,8-11H2,(H,21,22)(H2,17,18,20,23). The lowest BCUT2D eigenvalue weighted by Gasteiger charge is -2.31. The number of nitrogens with one attached hydrogen (secondary N) is 2. The van der Waals surface area contributed by atoms with Crippen molar-refractivity contribution in [1.82, 2.24) is 15.5 Å². The summed E-state index contributed by atoms with van der Waals surface area (Å²) in [5.41, 5.74) is 0.928. The van der Waals surface area contributed by atoms with E-state index in [0.29, 0.717) is 19.5 Å². The van der Waals surface area contributed by atoms with Gasteiger partial charge in [-0.2, -0.15) is 0 Å². The first-order chi connectivity index (χ1) is 11.1. The van der Waals surface area contributed by atoms with Crippen LogP contribution in [0.1, 0.15) is 24.8 Å². The molecule has 7 nitrogen and oxygen atoms in total. The van der Waals surface area contributed by atoms with Gasteiger partial charge in [-0.3, -0.25) is 19.8 Å². The number of nitrogens with zero attached hydrogens (tertiary/aromatic N) is 1. The number of carboxylic acid groups (broad SMARTS) is 1. The van der Waals surface area contributed by atoms with Gasteiger partial charge in [0.2, 0.25) is 5.91 Å². The Bertz CT molecular complexity index is 562. The Hall–Kier alpha value is -2.41. The van der Waals surface area contributed by atoms with Crippen molar-refractivity contribution >= 4 is 17.9 Å². The van der Waals surface area contributed by atoms with Crippen LogP contribution in [0.3, 0.4) is 0 Å². The number of amides is 3. The average molecular weight is 319 g/mol. The van der Waals surface area contributed by atoms with Crippen molar-refractivity contribution in [3.8, 4) is 0 Å². The maximum Gasteiger partial charge on any atom is 0.321 e. The van der Waals surface area contributed by atoms with Crippen LogP contribution in [-0.2, 0) is 16.1 Å². The van der Waals surface area contributed by atoms with Crippen molar-refractivity contribution < 1.29 is 19.5 Å². The van der Waals surface area contributed by atoms with Crippen molar-refractivity contribution in [1.29, 1.82) is 0 Å². The van der Waals surface area contributed by atoms with Gasteiger partial charge >= 0.3 is 12.0 Å². The van der Waals surface area contributed by atoms with E-state index in [4.69, 9.17) is 5.11 Å². The number of aliphatic carboxylic acids is 1. The summed E-state index contributed by atoms with van der Waals surface area (Å²) >= 11 is 0. The second-order valence-corrected chi connectivity index (χ2v) is 5.54. The van der Waals surface area contributed by atoms with Gasteiger partial charge in [0.15, 0.2) is 0 Å². The largest absolute Gasteiger partial charge is 0.480 e. The quantitative estimate of drug-likeness (QED) is 0.750. The maximum absolute atomic E-state index is 11.9. The number of hydrogen-bond donors (Lipinski definition) is 3. The number of piperidine rings is 1. The van der Waals surface area contributed by atoms with Crippen LogP contribution in [0.15, 0.2) is 30.3 Å². The first-order valence-corrected chi connectivity index (χ1v) is 7.64. The van der Waals surface area contributed by atoms with E-state index in [1.807, 2.05) is 30.3 Å². The Morgan fingerprint density at radius 2 is 1.91 bits per heavy atom. The number of carbonyl (C=O) groups excluding carboxylic acids is 2. The highest BCUT2D eigenvalue weighted by atomic mass is 16.4. The molecular weight excluding hydrogens is 298 g/mol. The Kier molecular flexibility index (Phi) is 6.10. The summed E-state index contributed by atoms with van der Waals surface area (Å²) in [5, 5.41) is 14.0. The summed E-state index contributed by atoms with van der Waals surface area (Å²) in [6.07, 6.45) is 2.23. The lowest BCUT2D eigenvalue weighted by molar-refractivity contribution is -0.145. The summed E-state index contributed by atoms with van der Waals surface area (Å²) in [5.74, 6) is -1.42. The van der Waals surface area contributed by atoms with Gasteiger partial charge in [-0.25, -0.2) is 4.79 Å². The van der Waals surface area contributed by atoms with Gasteiger partial charge in [0.25, 0.3) is 0 Å². The zero-order valence-corrected chi connectivity index (χ0v) is 12.8. The van der Waals surface area contributed by atoms with Crippen LogP contribution in [0.5, 0.6) is 0 Å². The Labute approximate surface area is 134 Å². The highest BCUT2D eigenvalue weighted by molar-refractivity contribution is 5.95. The minimum absolute atomic E-state index is 0.0876. The Morgan fingerprint density at radius 1 is 1.17 bits per heavy atom. The van der Waals surface area contributed by atoms with E-state index in [1.54, 1.807) is 4.90 Å². The first kappa shape index (κ1) is 17.0. The number of hydrogen-bond acceptors (Lipinski definition) is 4. The minimum Gasteiger partial charge on any atom is -0.480 e. The number of rotatable bonds is 5. The summed E-state index contributed by atoms with van der Waals surface area (Å²) < 4.78 is 0. The number of carboxylic acids is 1. The maximum atomic E-state index is 11.9. The molecule has 3 amide bonds. The predicted octanol–water partition coefficient (Wildman–Crippen LogP) is 0.952. The summed E-state index contributed by atoms with van der Waals surface area (Å²) in [6, 6.07) is 8.11. The molecule has 3 N–H and O–H groups in total. The first-order valence-electron chi connectivity index (χ1n) is 7.64. The molecule has 0 spiro atoms. The smallest absolute Gasteiger partial charge is 0.321 e. The van der Waals surface area contributed by atoms with Crippen LogP contribution < -0.4 is 10.6 Å². The molecule has 1 aromatic rings. The monoisotopic (exact) mass is 319 g/mol. The van der Waals surface area contributed by atoms with E-state index in [1.165, 1.54) is 0 Å². The molecule has 1 aliphatic heterocycles. The molecule has 1 fully saturated rings. The summed E-state index contributed by atoms with van der Waals surface area (Å²) in [6.45, 7) is 0.785. The fourth-order valence-electron chi connectivity index (χ4n) is 2.63. The third-order valence-electron chi connectivity index (χ3n) is 3.79. The van der Waals surface area contributed by atoms with Gasteiger partial charge in [0.1, 0.15) is 6.04 Å². The van der Waals surface area contributed by atoms with Gasteiger partial charge in [0.05, 0.1) is 6.54 Å². The van der Waals surface area contributed by atoms with E-state index in [2.05, 4.69) is 10.6 Å². The molecule has 0 radical (unpaired) electrons. The molecule has 0 aromatic heterocycles. The highest BCUT2D eigenvalue weighted by Gasteiger charge is 2.29. The number of urea groups is 1. The normalized spacial score (nSPS) is 18.2. The van der Waals surface area contributed by atoms with E-state index in [9.17, 15) is 14.4 Å². The van der Waals surface area contributed by atoms with E-state index in [-0.39, 0.29) is 6.54 Å². The topological polar surface area (TPSA) is 98.7 Å². The number of likely N-dealkylation sites (tertiary alicyclic amines) is 1.